The summed E-state index contributed by atoms with van der Waals surface area (Å²) < 4.78 is 5.27. The molecule has 0 aromatic carbocycles. The maximum atomic E-state index is 12.8. The summed E-state index contributed by atoms with van der Waals surface area (Å²) in [6.07, 6.45) is 7.48. The summed E-state index contributed by atoms with van der Waals surface area (Å²) in [6, 6.07) is 0. The number of nitrogens with one attached hydrogen (secondary N) is 2. The number of alkyl carbamates (subject to hydrolysis) is 1. The van der Waals surface area contributed by atoms with Gasteiger partial charge in [0.05, 0.1) is 6.54 Å². The zero-order valence-corrected chi connectivity index (χ0v) is 19.0. The van der Waals surface area contributed by atoms with Crippen molar-refractivity contribution >= 4 is 12.0 Å². The van der Waals surface area contributed by atoms with Gasteiger partial charge < -0.3 is 15.4 Å². The minimum atomic E-state index is -0.466. The largest absolute Gasteiger partial charge is 0.444 e. The van der Waals surface area contributed by atoms with Crippen molar-refractivity contribution in [3.63, 3.8) is 0 Å². The highest BCUT2D eigenvalue weighted by molar-refractivity contribution is 5.79. The fraction of sp³-hybridized carbons (Fsp3) is 0.913. The number of carbonyl (C=O) groups excluding carboxylic acids is 2. The number of hydrogen-bond acceptors (Lipinski definition) is 5. The van der Waals surface area contributed by atoms with Gasteiger partial charge in [-0.3, -0.25) is 14.6 Å². The van der Waals surface area contributed by atoms with Gasteiger partial charge in [-0.15, -0.1) is 0 Å². The van der Waals surface area contributed by atoms with Crippen LogP contribution in [-0.4, -0.2) is 78.8 Å². The highest BCUT2D eigenvalue weighted by atomic mass is 16.6. The Balaban J connectivity index is 1.13. The van der Waals surface area contributed by atoms with Crippen LogP contribution in [0.4, 0.5) is 4.79 Å². The van der Waals surface area contributed by atoms with Crippen LogP contribution >= 0.6 is 0 Å². The lowest BCUT2D eigenvalue weighted by Crippen LogP contribution is -2.61. The molecule has 5 fully saturated rings. The molecular formula is C23H40N4O3. The standard InChI is InChI=1S/C23H40N4O3/c1-22(2,3)30-21(29)24-4-5-26-6-8-27(9-7-26)16-20(28)25-23-13-17-10-18(14-23)12-19(11-17)15-23/h17-19H,4-16H2,1-3H3,(H,24,29)(H,25,28). The molecule has 4 saturated carbocycles. The van der Waals surface area contributed by atoms with Gasteiger partial charge in [0.1, 0.15) is 5.60 Å². The van der Waals surface area contributed by atoms with Gasteiger partial charge in [-0.25, -0.2) is 4.79 Å². The molecule has 5 aliphatic rings. The fourth-order valence-electron chi connectivity index (χ4n) is 6.60. The normalized spacial score (nSPS) is 34.0. The van der Waals surface area contributed by atoms with E-state index in [1.54, 1.807) is 0 Å². The highest BCUT2D eigenvalue weighted by Crippen LogP contribution is 2.55. The Morgan fingerprint density at radius 1 is 0.933 bits per heavy atom. The van der Waals surface area contributed by atoms with Gasteiger partial charge in [-0.2, -0.15) is 0 Å². The molecule has 0 aromatic rings. The summed E-state index contributed by atoms with van der Waals surface area (Å²) in [5, 5.41) is 6.31. The van der Waals surface area contributed by atoms with Crippen molar-refractivity contribution in [3.8, 4) is 0 Å². The van der Waals surface area contributed by atoms with Gasteiger partial charge in [0, 0.05) is 44.8 Å². The Bertz CT molecular complexity index is 602. The number of ether oxygens (including phenoxy) is 1. The van der Waals surface area contributed by atoms with Crippen molar-refractivity contribution in [2.45, 2.75) is 70.4 Å². The van der Waals surface area contributed by atoms with Crippen LogP contribution in [0.2, 0.25) is 0 Å². The minimum absolute atomic E-state index is 0.112. The molecule has 0 unspecified atom stereocenters. The molecule has 1 saturated heterocycles. The van der Waals surface area contributed by atoms with Crippen LogP contribution in [-0.2, 0) is 9.53 Å². The van der Waals surface area contributed by atoms with E-state index in [-0.39, 0.29) is 17.5 Å². The zero-order chi connectivity index (χ0) is 21.4. The number of amides is 2. The SMILES string of the molecule is CC(C)(C)OC(=O)NCCN1CCN(CC(=O)NC23CC4CC(CC(C4)C2)C3)CC1. The third-order valence-electron chi connectivity index (χ3n) is 7.37. The van der Waals surface area contributed by atoms with Crippen molar-refractivity contribution in [2.75, 3.05) is 45.8 Å². The quantitative estimate of drug-likeness (QED) is 0.689. The molecule has 1 heterocycles. The van der Waals surface area contributed by atoms with Gasteiger partial charge in [-0.1, -0.05) is 0 Å². The summed E-state index contributed by atoms with van der Waals surface area (Å²) in [6.45, 7) is 11.2. The van der Waals surface area contributed by atoms with Gasteiger partial charge in [0.2, 0.25) is 5.91 Å². The van der Waals surface area contributed by atoms with Gasteiger partial charge in [-0.05, 0) is 77.0 Å². The minimum Gasteiger partial charge on any atom is -0.444 e. The second-order valence-electron chi connectivity index (χ2n) is 11.3. The van der Waals surface area contributed by atoms with E-state index in [0.29, 0.717) is 13.1 Å². The number of hydrogen-bond donors (Lipinski definition) is 2. The summed E-state index contributed by atoms with van der Waals surface area (Å²) in [5.74, 6) is 2.79. The maximum Gasteiger partial charge on any atom is 0.407 e. The Morgan fingerprint density at radius 2 is 1.47 bits per heavy atom. The number of rotatable bonds is 6. The van der Waals surface area contributed by atoms with Crippen molar-refractivity contribution in [1.82, 2.24) is 20.4 Å². The first-order chi connectivity index (χ1) is 14.2. The van der Waals surface area contributed by atoms with E-state index in [0.717, 1.165) is 50.5 Å². The molecule has 170 valence electrons. The smallest absolute Gasteiger partial charge is 0.407 e. The Morgan fingerprint density at radius 3 is 2.00 bits per heavy atom. The van der Waals surface area contributed by atoms with Crippen molar-refractivity contribution in [2.24, 2.45) is 17.8 Å². The summed E-state index contributed by atoms with van der Waals surface area (Å²) in [5.41, 5.74) is -0.354. The molecule has 0 atom stereocenters. The van der Waals surface area contributed by atoms with E-state index in [4.69, 9.17) is 4.74 Å². The number of nitrogens with zero attached hydrogens (tertiary/aromatic N) is 2. The molecule has 1 aliphatic heterocycles. The molecule has 4 bridgehead atoms. The van der Waals surface area contributed by atoms with Crippen LogP contribution in [0.1, 0.15) is 59.3 Å². The summed E-state index contributed by atoms with van der Waals surface area (Å²) in [4.78, 5) is 29.2. The van der Waals surface area contributed by atoms with Crippen LogP contribution in [0.25, 0.3) is 0 Å². The third kappa shape index (κ3) is 5.67. The molecule has 2 N–H and O–H groups in total. The first kappa shape index (κ1) is 21.9. The fourth-order valence-corrected chi connectivity index (χ4v) is 6.60. The number of piperazine rings is 1. The lowest BCUT2D eigenvalue weighted by Gasteiger charge is -2.57. The van der Waals surface area contributed by atoms with Crippen molar-refractivity contribution in [1.29, 1.82) is 0 Å². The van der Waals surface area contributed by atoms with Crippen LogP contribution in [0.15, 0.2) is 0 Å². The average molecular weight is 421 g/mol. The van der Waals surface area contributed by atoms with Crippen LogP contribution in [0, 0.1) is 17.8 Å². The highest BCUT2D eigenvalue weighted by Gasteiger charge is 2.51. The Kier molecular flexibility index (Phi) is 6.31. The Hall–Kier alpha value is -1.34. The molecule has 7 nitrogen and oxygen atoms in total. The van der Waals surface area contributed by atoms with Gasteiger partial charge in [0.15, 0.2) is 0 Å². The lowest BCUT2D eigenvalue weighted by atomic mass is 9.53. The first-order valence-corrected chi connectivity index (χ1v) is 11.9. The third-order valence-corrected chi connectivity index (χ3v) is 7.37. The monoisotopic (exact) mass is 420 g/mol. The maximum absolute atomic E-state index is 12.8. The van der Waals surface area contributed by atoms with Crippen molar-refractivity contribution in [3.05, 3.63) is 0 Å². The molecular weight excluding hydrogens is 380 g/mol. The molecule has 2 amide bonds. The van der Waals surface area contributed by atoms with E-state index in [2.05, 4.69) is 20.4 Å². The second-order valence-corrected chi connectivity index (χ2v) is 11.3. The number of carbonyl (C=O) groups is 2. The van der Waals surface area contributed by atoms with Crippen molar-refractivity contribution < 1.29 is 14.3 Å². The van der Waals surface area contributed by atoms with Crippen LogP contribution in [0.5, 0.6) is 0 Å². The van der Waals surface area contributed by atoms with E-state index in [1.807, 2.05) is 20.8 Å². The molecule has 4 aliphatic carbocycles. The summed E-state index contributed by atoms with van der Waals surface area (Å²) >= 11 is 0. The molecule has 0 spiro atoms. The molecule has 5 rings (SSSR count). The predicted octanol–water partition coefficient (Wildman–Crippen LogP) is 2.21. The van der Waals surface area contributed by atoms with Gasteiger partial charge >= 0.3 is 6.09 Å². The van der Waals surface area contributed by atoms with Crippen LogP contribution in [0.3, 0.4) is 0 Å². The Labute approximate surface area is 181 Å². The topological polar surface area (TPSA) is 73.9 Å². The zero-order valence-electron chi connectivity index (χ0n) is 19.0. The van der Waals surface area contributed by atoms with E-state index in [1.165, 1.54) is 38.5 Å². The molecule has 0 radical (unpaired) electrons. The predicted molar refractivity (Wildman–Crippen MR) is 116 cm³/mol. The van der Waals surface area contributed by atoms with E-state index in [9.17, 15) is 9.59 Å². The molecule has 7 heteroatoms. The van der Waals surface area contributed by atoms with E-state index < -0.39 is 5.60 Å². The summed E-state index contributed by atoms with van der Waals surface area (Å²) in [7, 11) is 0. The van der Waals surface area contributed by atoms with Crippen LogP contribution < -0.4 is 10.6 Å². The molecule has 30 heavy (non-hydrogen) atoms. The van der Waals surface area contributed by atoms with Gasteiger partial charge in [0.25, 0.3) is 0 Å². The first-order valence-electron chi connectivity index (χ1n) is 11.9. The van der Waals surface area contributed by atoms with E-state index >= 15 is 0 Å². The lowest BCUT2D eigenvalue weighted by molar-refractivity contribution is -0.128. The second kappa shape index (κ2) is 8.65. The average Bonchev–Trinajstić information content (AvgIpc) is 2.60. The molecule has 0 aromatic heterocycles.